The third-order valence-corrected chi connectivity index (χ3v) is 3.62. The van der Waals surface area contributed by atoms with Crippen LogP contribution in [0.3, 0.4) is 0 Å². The van der Waals surface area contributed by atoms with Crippen LogP contribution in [0.2, 0.25) is 5.02 Å². The zero-order chi connectivity index (χ0) is 16.9. The number of tetrazole rings is 1. The van der Waals surface area contributed by atoms with Crippen molar-refractivity contribution in [1.82, 2.24) is 20.2 Å². The fraction of sp³-hybridized carbons (Fsp3) is 0.188. The van der Waals surface area contributed by atoms with Crippen molar-refractivity contribution in [3.8, 4) is 5.75 Å². The molecule has 0 saturated heterocycles. The second kappa shape index (κ2) is 7.27. The molecule has 0 spiro atoms. The predicted octanol–water partition coefficient (Wildman–Crippen LogP) is 3.19. The summed E-state index contributed by atoms with van der Waals surface area (Å²) < 4.78 is 20.3. The highest BCUT2D eigenvalue weighted by Gasteiger charge is 2.08. The molecular weight excluding hydrogens is 333 g/mol. The van der Waals surface area contributed by atoms with Crippen molar-refractivity contribution < 1.29 is 9.13 Å². The molecule has 0 atom stereocenters. The summed E-state index contributed by atoms with van der Waals surface area (Å²) >= 11 is 6.07. The van der Waals surface area contributed by atoms with Gasteiger partial charge >= 0.3 is 0 Å². The number of aryl methyl sites for hydroxylation is 1. The van der Waals surface area contributed by atoms with Crippen LogP contribution in [-0.4, -0.2) is 20.2 Å². The Morgan fingerprint density at radius 2 is 2.00 bits per heavy atom. The minimum absolute atomic E-state index is 0.271. The monoisotopic (exact) mass is 347 g/mol. The van der Waals surface area contributed by atoms with Gasteiger partial charge in [0.2, 0.25) is 5.95 Å². The van der Waals surface area contributed by atoms with Gasteiger partial charge in [0.25, 0.3) is 0 Å². The van der Waals surface area contributed by atoms with E-state index in [0.717, 1.165) is 11.1 Å². The van der Waals surface area contributed by atoms with Gasteiger partial charge in [-0.3, -0.25) is 0 Å². The summed E-state index contributed by atoms with van der Waals surface area (Å²) in [6.07, 6.45) is 0. The first-order valence-corrected chi connectivity index (χ1v) is 7.61. The van der Waals surface area contributed by atoms with Crippen molar-refractivity contribution in [2.24, 2.45) is 7.05 Å². The Hall–Kier alpha value is -2.67. The number of hydrogen-bond acceptors (Lipinski definition) is 5. The van der Waals surface area contributed by atoms with Crippen molar-refractivity contribution in [3.63, 3.8) is 0 Å². The van der Waals surface area contributed by atoms with Crippen LogP contribution in [0, 0.1) is 5.82 Å². The van der Waals surface area contributed by atoms with Crippen LogP contribution in [0.25, 0.3) is 0 Å². The molecule has 0 aliphatic carbocycles. The van der Waals surface area contributed by atoms with Crippen LogP contribution < -0.4 is 10.1 Å². The molecule has 0 radical (unpaired) electrons. The standard InChI is InChI=1S/C16H15ClFN5O/c1-23-16(20-21-22-23)19-9-12-8-13(17)4-7-15(12)24-10-11-2-5-14(18)6-3-11/h2-8H,9-10H2,1H3,(H,19,20,22). The van der Waals surface area contributed by atoms with Gasteiger partial charge in [-0.05, 0) is 46.3 Å². The average molecular weight is 348 g/mol. The molecule has 6 nitrogen and oxygen atoms in total. The van der Waals surface area contributed by atoms with E-state index in [2.05, 4.69) is 20.8 Å². The van der Waals surface area contributed by atoms with Crippen LogP contribution >= 0.6 is 11.6 Å². The van der Waals surface area contributed by atoms with Crippen LogP contribution in [0.4, 0.5) is 10.3 Å². The van der Waals surface area contributed by atoms with E-state index in [1.165, 1.54) is 16.8 Å². The van der Waals surface area contributed by atoms with Crippen LogP contribution in [0.1, 0.15) is 11.1 Å². The molecule has 0 aliphatic rings. The molecule has 124 valence electrons. The second-order valence-electron chi connectivity index (χ2n) is 5.15. The van der Waals surface area contributed by atoms with E-state index >= 15 is 0 Å². The third kappa shape index (κ3) is 3.99. The lowest BCUT2D eigenvalue weighted by atomic mass is 10.2. The molecule has 24 heavy (non-hydrogen) atoms. The molecule has 0 bridgehead atoms. The number of benzene rings is 2. The Bertz CT molecular complexity index is 822. The first kappa shape index (κ1) is 16.2. The van der Waals surface area contributed by atoms with Gasteiger partial charge in [0.15, 0.2) is 0 Å². The lowest BCUT2D eigenvalue weighted by molar-refractivity contribution is 0.303. The molecule has 1 aromatic heterocycles. The molecule has 0 fully saturated rings. The van der Waals surface area contributed by atoms with E-state index in [-0.39, 0.29) is 5.82 Å². The zero-order valence-corrected chi connectivity index (χ0v) is 13.7. The smallest absolute Gasteiger partial charge is 0.242 e. The van der Waals surface area contributed by atoms with Gasteiger partial charge in [-0.25, -0.2) is 9.07 Å². The number of nitrogens with zero attached hydrogens (tertiary/aromatic N) is 4. The summed E-state index contributed by atoms with van der Waals surface area (Å²) in [6.45, 7) is 0.786. The first-order valence-electron chi connectivity index (χ1n) is 7.24. The van der Waals surface area contributed by atoms with E-state index in [1.54, 1.807) is 31.3 Å². The van der Waals surface area contributed by atoms with Gasteiger partial charge in [-0.1, -0.05) is 28.8 Å². The van der Waals surface area contributed by atoms with Gasteiger partial charge in [0, 0.05) is 24.2 Å². The minimum Gasteiger partial charge on any atom is -0.489 e. The van der Waals surface area contributed by atoms with E-state index in [1.807, 2.05) is 6.07 Å². The van der Waals surface area contributed by atoms with Gasteiger partial charge in [-0.2, -0.15) is 0 Å². The molecule has 8 heteroatoms. The van der Waals surface area contributed by atoms with Gasteiger partial charge < -0.3 is 10.1 Å². The molecule has 1 N–H and O–H groups in total. The highest BCUT2D eigenvalue weighted by Crippen LogP contribution is 2.24. The number of halogens is 2. The Labute approximate surface area is 143 Å². The highest BCUT2D eigenvalue weighted by atomic mass is 35.5. The number of nitrogens with one attached hydrogen (secondary N) is 1. The first-order chi connectivity index (χ1) is 11.6. The number of aromatic nitrogens is 4. The summed E-state index contributed by atoms with van der Waals surface area (Å²) in [5.41, 5.74) is 1.75. The van der Waals surface area contributed by atoms with Crippen LogP contribution in [0.5, 0.6) is 5.75 Å². The number of anilines is 1. The molecule has 3 aromatic rings. The zero-order valence-electron chi connectivity index (χ0n) is 12.9. The topological polar surface area (TPSA) is 64.9 Å². The van der Waals surface area contributed by atoms with Gasteiger partial charge in [-0.15, -0.1) is 0 Å². The fourth-order valence-corrected chi connectivity index (χ4v) is 2.32. The summed E-state index contributed by atoms with van der Waals surface area (Å²) in [5, 5.41) is 14.9. The maximum Gasteiger partial charge on any atom is 0.242 e. The molecule has 0 saturated carbocycles. The quantitative estimate of drug-likeness (QED) is 0.741. The Balaban J connectivity index is 1.70. The summed E-state index contributed by atoms with van der Waals surface area (Å²) in [7, 11) is 1.74. The van der Waals surface area contributed by atoms with Crippen molar-refractivity contribution in [3.05, 3.63) is 64.4 Å². The van der Waals surface area contributed by atoms with Crippen molar-refractivity contribution >= 4 is 17.5 Å². The largest absolute Gasteiger partial charge is 0.489 e. The summed E-state index contributed by atoms with van der Waals surface area (Å²) in [6, 6.07) is 11.6. The number of rotatable bonds is 6. The van der Waals surface area contributed by atoms with Crippen LogP contribution in [-0.2, 0) is 20.2 Å². The van der Waals surface area contributed by atoms with Crippen molar-refractivity contribution in [2.45, 2.75) is 13.2 Å². The van der Waals surface area contributed by atoms with Crippen LogP contribution in [0.15, 0.2) is 42.5 Å². The van der Waals surface area contributed by atoms with E-state index in [4.69, 9.17) is 16.3 Å². The van der Waals surface area contributed by atoms with Gasteiger partial charge in [0.1, 0.15) is 18.2 Å². The molecule has 2 aromatic carbocycles. The molecule has 0 unspecified atom stereocenters. The maximum atomic E-state index is 12.9. The lowest BCUT2D eigenvalue weighted by Crippen LogP contribution is -2.07. The Morgan fingerprint density at radius 1 is 1.21 bits per heavy atom. The predicted molar refractivity (Wildman–Crippen MR) is 88.3 cm³/mol. The average Bonchev–Trinajstić information content (AvgIpc) is 2.98. The maximum absolute atomic E-state index is 12.9. The number of ether oxygens (including phenoxy) is 1. The lowest BCUT2D eigenvalue weighted by Gasteiger charge is -2.13. The van der Waals surface area contributed by atoms with Crippen molar-refractivity contribution in [1.29, 1.82) is 0 Å². The molecule has 0 amide bonds. The fourth-order valence-electron chi connectivity index (χ4n) is 2.12. The molecular formula is C16H15ClFN5O. The Morgan fingerprint density at radius 3 is 2.71 bits per heavy atom. The van der Waals surface area contributed by atoms with E-state index in [0.29, 0.717) is 29.9 Å². The Kier molecular flexibility index (Phi) is 4.90. The normalized spacial score (nSPS) is 10.6. The van der Waals surface area contributed by atoms with E-state index in [9.17, 15) is 4.39 Å². The second-order valence-corrected chi connectivity index (χ2v) is 5.58. The summed E-state index contributed by atoms with van der Waals surface area (Å²) in [4.78, 5) is 0. The minimum atomic E-state index is -0.271. The molecule has 3 rings (SSSR count). The highest BCUT2D eigenvalue weighted by molar-refractivity contribution is 6.30. The molecule has 1 heterocycles. The summed E-state index contributed by atoms with van der Waals surface area (Å²) in [5.74, 6) is 0.957. The third-order valence-electron chi connectivity index (χ3n) is 3.39. The van der Waals surface area contributed by atoms with Crippen molar-refractivity contribution in [2.75, 3.05) is 5.32 Å². The number of hydrogen-bond donors (Lipinski definition) is 1. The SMILES string of the molecule is Cn1nnnc1NCc1cc(Cl)ccc1OCc1ccc(F)cc1. The van der Waals surface area contributed by atoms with E-state index < -0.39 is 0 Å². The van der Waals surface area contributed by atoms with Gasteiger partial charge in [0.05, 0.1) is 0 Å². The molecule has 0 aliphatic heterocycles.